The molecule has 1 aliphatic heterocycles. The molecule has 1 aliphatic rings. The molecule has 0 spiro atoms. The number of nitrogens with zero attached hydrogens (tertiary/aromatic N) is 5. The molecule has 0 bridgehead atoms. The second-order valence-electron chi connectivity index (χ2n) is 6.98. The van der Waals surface area contributed by atoms with Gasteiger partial charge in [0, 0.05) is 53.6 Å². The summed E-state index contributed by atoms with van der Waals surface area (Å²) in [6, 6.07) is 0. The van der Waals surface area contributed by atoms with Crippen molar-refractivity contribution in [1.29, 1.82) is 0 Å². The Kier molecular flexibility index (Phi) is 12.6. The number of rotatable bonds is 11. The zero-order chi connectivity index (χ0) is 19.5. The fraction of sp³-hybridized carbons (Fsp3) is 0.833. The largest absolute Gasteiger partial charge is 0.385 e. The van der Waals surface area contributed by atoms with Crippen LogP contribution in [0, 0.1) is 6.92 Å². The van der Waals surface area contributed by atoms with E-state index in [1.807, 2.05) is 18.5 Å². The Balaban J connectivity index is 0.00000392. The van der Waals surface area contributed by atoms with Crippen LogP contribution in [-0.2, 0) is 23.1 Å². The molecular weight excluding hydrogens is 473 g/mol. The van der Waals surface area contributed by atoms with Gasteiger partial charge in [-0.2, -0.15) is 0 Å². The third kappa shape index (κ3) is 9.01. The van der Waals surface area contributed by atoms with Crippen molar-refractivity contribution in [2.75, 3.05) is 53.6 Å². The second-order valence-corrected chi connectivity index (χ2v) is 6.98. The summed E-state index contributed by atoms with van der Waals surface area (Å²) in [6.45, 7) is 7.63. The van der Waals surface area contributed by atoms with Crippen LogP contribution in [0.5, 0.6) is 0 Å². The molecule has 1 unspecified atom stereocenters. The van der Waals surface area contributed by atoms with E-state index in [4.69, 9.17) is 9.47 Å². The number of nitrogens with one attached hydrogen (secondary N) is 2. The van der Waals surface area contributed by atoms with Gasteiger partial charge in [0.1, 0.15) is 12.4 Å². The first kappa shape index (κ1) is 25.1. The SMILES string of the molecule is COCCCN(C)CCNC(=NCc1nnc(C)n1C)NCC1CCCO1.I. The highest BCUT2D eigenvalue weighted by atomic mass is 127. The first-order chi connectivity index (χ1) is 13.1. The van der Waals surface area contributed by atoms with Crippen molar-refractivity contribution in [3.8, 4) is 0 Å². The lowest BCUT2D eigenvalue weighted by molar-refractivity contribution is 0.113. The smallest absolute Gasteiger partial charge is 0.191 e. The van der Waals surface area contributed by atoms with Crippen molar-refractivity contribution < 1.29 is 9.47 Å². The molecule has 28 heavy (non-hydrogen) atoms. The van der Waals surface area contributed by atoms with Gasteiger partial charge in [0.05, 0.1) is 6.10 Å². The Hall–Kier alpha value is -0.980. The number of aryl methyl sites for hydroxylation is 1. The summed E-state index contributed by atoms with van der Waals surface area (Å²) in [6.07, 6.45) is 3.55. The van der Waals surface area contributed by atoms with Crippen molar-refractivity contribution >= 4 is 29.9 Å². The van der Waals surface area contributed by atoms with E-state index in [-0.39, 0.29) is 30.1 Å². The van der Waals surface area contributed by atoms with E-state index in [2.05, 4.69) is 37.8 Å². The lowest BCUT2D eigenvalue weighted by Gasteiger charge is -2.19. The average Bonchev–Trinajstić information content (AvgIpc) is 3.28. The highest BCUT2D eigenvalue weighted by Gasteiger charge is 2.15. The molecule has 10 heteroatoms. The Morgan fingerprint density at radius 1 is 1.36 bits per heavy atom. The molecule has 2 N–H and O–H groups in total. The molecule has 0 aliphatic carbocycles. The molecule has 0 aromatic carbocycles. The summed E-state index contributed by atoms with van der Waals surface area (Å²) < 4.78 is 12.8. The molecule has 0 saturated carbocycles. The molecule has 1 aromatic heterocycles. The topological polar surface area (TPSA) is 88.8 Å². The Morgan fingerprint density at radius 3 is 2.82 bits per heavy atom. The minimum absolute atomic E-state index is 0. The molecular formula is C18H36IN7O2. The van der Waals surface area contributed by atoms with E-state index in [1.165, 1.54) is 0 Å². The van der Waals surface area contributed by atoms with Crippen molar-refractivity contribution in [3.05, 3.63) is 11.6 Å². The van der Waals surface area contributed by atoms with Crippen LogP contribution in [0.15, 0.2) is 4.99 Å². The van der Waals surface area contributed by atoms with E-state index < -0.39 is 0 Å². The zero-order valence-corrected chi connectivity index (χ0v) is 19.9. The highest BCUT2D eigenvalue weighted by Crippen LogP contribution is 2.10. The Bertz CT molecular complexity index is 576. The molecule has 1 atom stereocenters. The van der Waals surface area contributed by atoms with Crippen molar-refractivity contribution in [2.24, 2.45) is 12.0 Å². The lowest BCUT2D eigenvalue weighted by atomic mass is 10.2. The summed E-state index contributed by atoms with van der Waals surface area (Å²) in [5.41, 5.74) is 0. The summed E-state index contributed by atoms with van der Waals surface area (Å²) in [7, 11) is 5.82. The standard InChI is InChI=1S/C18H35N7O2.HI/c1-15-22-23-17(25(15)3)14-21-18(20-13-16-7-5-12-27-16)19-8-10-24(2)9-6-11-26-4;/h16H,5-14H2,1-4H3,(H2,19,20,21);1H. The van der Waals surface area contributed by atoms with Crippen LogP contribution >= 0.6 is 24.0 Å². The highest BCUT2D eigenvalue weighted by molar-refractivity contribution is 14.0. The van der Waals surface area contributed by atoms with Gasteiger partial charge in [0.2, 0.25) is 0 Å². The molecule has 1 aromatic rings. The van der Waals surface area contributed by atoms with Crippen molar-refractivity contribution in [3.63, 3.8) is 0 Å². The van der Waals surface area contributed by atoms with Gasteiger partial charge in [-0.15, -0.1) is 34.2 Å². The molecule has 162 valence electrons. The maximum Gasteiger partial charge on any atom is 0.191 e. The van der Waals surface area contributed by atoms with Crippen LogP contribution in [0.2, 0.25) is 0 Å². The van der Waals surface area contributed by atoms with Gasteiger partial charge >= 0.3 is 0 Å². The van der Waals surface area contributed by atoms with Crippen LogP contribution in [0.3, 0.4) is 0 Å². The molecule has 0 amide bonds. The Labute approximate surface area is 185 Å². The van der Waals surface area contributed by atoms with E-state index in [1.54, 1.807) is 7.11 Å². The van der Waals surface area contributed by atoms with Crippen molar-refractivity contribution in [1.82, 2.24) is 30.3 Å². The fourth-order valence-electron chi connectivity index (χ4n) is 2.88. The van der Waals surface area contributed by atoms with Crippen LogP contribution in [0.1, 0.15) is 30.9 Å². The van der Waals surface area contributed by atoms with Gasteiger partial charge in [-0.05, 0) is 33.2 Å². The first-order valence-electron chi connectivity index (χ1n) is 9.76. The predicted molar refractivity (Wildman–Crippen MR) is 121 cm³/mol. The number of likely N-dealkylation sites (N-methyl/N-ethyl adjacent to an activating group) is 1. The monoisotopic (exact) mass is 509 g/mol. The lowest BCUT2D eigenvalue weighted by Crippen LogP contribution is -2.43. The first-order valence-corrected chi connectivity index (χ1v) is 9.76. The van der Waals surface area contributed by atoms with Gasteiger partial charge in [-0.3, -0.25) is 0 Å². The minimum Gasteiger partial charge on any atom is -0.385 e. The third-order valence-corrected chi connectivity index (χ3v) is 4.76. The van der Waals surface area contributed by atoms with E-state index in [0.717, 1.165) is 76.3 Å². The maximum absolute atomic E-state index is 5.69. The summed E-state index contributed by atoms with van der Waals surface area (Å²) >= 11 is 0. The molecule has 1 saturated heterocycles. The van der Waals surface area contributed by atoms with Gasteiger partial charge in [-0.1, -0.05) is 0 Å². The molecule has 0 radical (unpaired) electrons. The van der Waals surface area contributed by atoms with E-state index >= 15 is 0 Å². The quantitative estimate of drug-likeness (QED) is 0.199. The number of aliphatic imine (C=N–C) groups is 1. The Morgan fingerprint density at radius 2 is 2.18 bits per heavy atom. The number of guanidine groups is 1. The fourth-order valence-corrected chi connectivity index (χ4v) is 2.88. The third-order valence-electron chi connectivity index (χ3n) is 4.76. The zero-order valence-electron chi connectivity index (χ0n) is 17.6. The average molecular weight is 509 g/mol. The van der Waals surface area contributed by atoms with Crippen LogP contribution in [0.25, 0.3) is 0 Å². The second kappa shape index (κ2) is 14.1. The van der Waals surface area contributed by atoms with Gasteiger partial charge in [0.15, 0.2) is 11.8 Å². The number of halogens is 1. The van der Waals surface area contributed by atoms with Gasteiger partial charge < -0.3 is 29.6 Å². The predicted octanol–water partition coefficient (Wildman–Crippen LogP) is 0.924. The number of hydrogen-bond acceptors (Lipinski definition) is 6. The summed E-state index contributed by atoms with van der Waals surface area (Å²) in [5.74, 6) is 2.53. The van der Waals surface area contributed by atoms with E-state index in [9.17, 15) is 0 Å². The van der Waals surface area contributed by atoms with Crippen LogP contribution in [-0.4, -0.2) is 85.3 Å². The number of ether oxygens (including phenoxy) is 2. The summed E-state index contributed by atoms with van der Waals surface area (Å²) in [5, 5.41) is 15.1. The van der Waals surface area contributed by atoms with Crippen LogP contribution < -0.4 is 10.6 Å². The maximum atomic E-state index is 5.69. The van der Waals surface area contributed by atoms with Crippen LogP contribution in [0.4, 0.5) is 0 Å². The normalized spacial score (nSPS) is 17.0. The molecule has 2 rings (SSSR count). The van der Waals surface area contributed by atoms with E-state index in [0.29, 0.717) is 6.54 Å². The molecule has 2 heterocycles. The number of aromatic nitrogens is 3. The van der Waals surface area contributed by atoms with Gasteiger partial charge in [0.25, 0.3) is 0 Å². The minimum atomic E-state index is 0. The molecule has 1 fully saturated rings. The summed E-state index contributed by atoms with van der Waals surface area (Å²) in [4.78, 5) is 6.97. The number of hydrogen-bond donors (Lipinski definition) is 2. The number of methoxy groups -OCH3 is 1. The van der Waals surface area contributed by atoms with Gasteiger partial charge in [-0.25, -0.2) is 4.99 Å². The van der Waals surface area contributed by atoms with Crippen molar-refractivity contribution in [2.45, 2.75) is 38.8 Å². The molecule has 9 nitrogen and oxygen atoms in total.